The van der Waals surface area contributed by atoms with Gasteiger partial charge in [0.2, 0.25) is 15.9 Å². The second kappa shape index (κ2) is 12.2. The van der Waals surface area contributed by atoms with Gasteiger partial charge in [0, 0.05) is 30.5 Å². The Morgan fingerprint density at radius 2 is 1.82 bits per heavy atom. The predicted octanol–water partition coefficient (Wildman–Crippen LogP) is 5.90. The van der Waals surface area contributed by atoms with Crippen LogP contribution in [0.25, 0.3) is 11.1 Å². The number of ketones is 1. The maximum Gasteiger partial charge on any atom is 0.237 e. The highest BCUT2D eigenvalue weighted by molar-refractivity contribution is 7.89. The van der Waals surface area contributed by atoms with Crippen LogP contribution < -0.4 is 14.8 Å². The maximum absolute atomic E-state index is 15.8. The van der Waals surface area contributed by atoms with E-state index in [4.69, 9.17) is 4.74 Å². The van der Waals surface area contributed by atoms with Crippen LogP contribution in [0, 0.1) is 11.7 Å². The molecule has 3 aliphatic carbocycles. The van der Waals surface area contributed by atoms with Crippen molar-refractivity contribution >= 4 is 21.7 Å². The van der Waals surface area contributed by atoms with Crippen LogP contribution in [0.15, 0.2) is 36.4 Å². The molecular formula is C34H42F2N2O5S. The van der Waals surface area contributed by atoms with Gasteiger partial charge in [-0.05, 0) is 91.7 Å². The van der Waals surface area contributed by atoms with Gasteiger partial charge in [-0.1, -0.05) is 37.5 Å². The van der Waals surface area contributed by atoms with Gasteiger partial charge in [0.25, 0.3) is 0 Å². The van der Waals surface area contributed by atoms with E-state index < -0.39 is 21.6 Å². The first-order valence-electron chi connectivity index (χ1n) is 16.0. The van der Waals surface area contributed by atoms with Crippen LogP contribution >= 0.6 is 0 Å². The minimum atomic E-state index is -3.70. The first kappa shape index (κ1) is 31.1. The number of rotatable bonds is 10. The Balaban J connectivity index is 1.19. The smallest absolute Gasteiger partial charge is 0.237 e. The number of alkyl halides is 1. The fraction of sp³-hybridized carbons (Fsp3) is 0.588. The Morgan fingerprint density at radius 1 is 1.05 bits per heavy atom. The zero-order valence-electron chi connectivity index (χ0n) is 25.3. The van der Waals surface area contributed by atoms with Crippen molar-refractivity contribution in [2.75, 3.05) is 12.8 Å². The summed E-state index contributed by atoms with van der Waals surface area (Å²) in [7, 11) is -3.70. The number of nitrogens with one attached hydrogen (secondary N) is 2. The highest BCUT2D eigenvalue weighted by atomic mass is 32.2. The topological polar surface area (TPSA) is 102 Å². The lowest BCUT2D eigenvalue weighted by molar-refractivity contribution is -0.130. The van der Waals surface area contributed by atoms with Crippen molar-refractivity contribution in [3.8, 4) is 16.9 Å². The first-order chi connectivity index (χ1) is 20.9. The molecule has 6 rings (SSSR count). The van der Waals surface area contributed by atoms with Crippen molar-refractivity contribution in [3.05, 3.63) is 53.3 Å². The molecule has 10 heteroatoms. The summed E-state index contributed by atoms with van der Waals surface area (Å²) < 4.78 is 62.7. The third kappa shape index (κ3) is 6.71. The first-order valence-corrected chi connectivity index (χ1v) is 17.9. The molecule has 44 heavy (non-hydrogen) atoms. The molecule has 0 bridgehead atoms. The average molecular weight is 629 g/mol. The van der Waals surface area contributed by atoms with E-state index in [1.165, 1.54) is 6.07 Å². The van der Waals surface area contributed by atoms with E-state index in [1.807, 2.05) is 10.8 Å². The molecule has 7 nitrogen and oxygen atoms in total. The van der Waals surface area contributed by atoms with Gasteiger partial charge in [-0.25, -0.2) is 17.2 Å². The molecule has 0 radical (unpaired) electrons. The number of ether oxygens (including phenoxy) is 1. The normalized spacial score (nSPS) is 26.5. The fourth-order valence-corrected chi connectivity index (χ4v) is 8.34. The Hall–Kier alpha value is -2.85. The van der Waals surface area contributed by atoms with E-state index in [2.05, 4.69) is 5.32 Å². The van der Waals surface area contributed by atoms with Crippen molar-refractivity contribution < 1.29 is 31.5 Å². The monoisotopic (exact) mass is 628 g/mol. The summed E-state index contributed by atoms with van der Waals surface area (Å²) in [5, 5.41) is 3.34. The number of carbonyl (C=O) groups is 2. The number of amides is 1. The molecule has 0 unspecified atom stereocenters. The number of hydrogen-bond donors (Lipinski definition) is 2. The lowest BCUT2D eigenvalue weighted by atomic mass is 9.76. The molecule has 2 aromatic carbocycles. The third-order valence-electron chi connectivity index (χ3n) is 10.2. The van der Waals surface area contributed by atoms with Gasteiger partial charge < -0.3 is 10.1 Å². The molecule has 2 N–H and O–H groups in total. The van der Waals surface area contributed by atoms with Crippen molar-refractivity contribution in [2.45, 2.75) is 107 Å². The summed E-state index contributed by atoms with van der Waals surface area (Å²) in [4.78, 5) is 25.6. The molecule has 4 aliphatic rings. The SMILES string of the molecule is CS(=O)(=O)NC(=O)Cc1ccc(O[C@@H]2CC[C@@H](CC(=O)[C@]3(F)CNC4(CCCC4)C3)C2)c(-c2cccc(F)c2C2CCC2)c1. The largest absolute Gasteiger partial charge is 0.490 e. The second-order valence-corrected chi connectivity index (χ2v) is 15.4. The van der Waals surface area contributed by atoms with Gasteiger partial charge in [-0.3, -0.25) is 14.3 Å². The van der Waals surface area contributed by atoms with Crippen LogP contribution in [-0.4, -0.2) is 50.2 Å². The van der Waals surface area contributed by atoms with Gasteiger partial charge in [-0.2, -0.15) is 0 Å². The second-order valence-electron chi connectivity index (χ2n) is 13.7. The molecule has 3 atom stereocenters. The Kier molecular flexibility index (Phi) is 8.60. The summed E-state index contributed by atoms with van der Waals surface area (Å²) in [6.07, 6.45) is 10.00. The van der Waals surface area contributed by atoms with Crippen LogP contribution in [-0.2, 0) is 26.0 Å². The molecule has 4 fully saturated rings. The quantitative estimate of drug-likeness (QED) is 0.340. The van der Waals surface area contributed by atoms with Crippen LogP contribution in [0.4, 0.5) is 8.78 Å². The van der Waals surface area contributed by atoms with Crippen LogP contribution in [0.2, 0.25) is 0 Å². The summed E-state index contributed by atoms with van der Waals surface area (Å²) in [6.45, 7) is 0.105. The number of halogens is 2. The van der Waals surface area contributed by atoms with Gasteiger partial charge in [0.15, 0.2) is 11.5 Å². The minimum Gasteiger partial charge on any atom is -0.490 e. The maximum atomic E-state index is 15.8. The van der Waals surface area contributed by atoms with Crippen LogP contribution in [0.5, 0.6) is 5.75 Å². The molecule has 1 heterocycles. The molecule has 1 saturated heterocycles. The lowest BCUT2D eigenvalue weighted by Gasteiger charge is -2.29. The van der Waals surface area contributed by atoms with Crippen LogP contribution in [0.3, 0.4) is 0 Å². The van der Waals surface area contributed by atoms with Gasteiger partial charge in [-0.15, -0.1) is 0 Å². The van der Waals surface area contributed by atoms with E-state index >= 15 is 8.78 Å². The summed E-state index contributed by atoms with van der Waals surface area (Å²) in [5.41, 5.74) is 0.547. The molecule has 1 amide bonds. The summed E-state index contributed by atoms with van der Waals surface area (Å²) >= 11 is 0. The summed E-state index contributed by atoms with van der Waals surface area (Å²) in [5.74, 6) is -0.566. The molecule has 3 saturated carbocycles. The Labute approximate surface area is 258 Å². The Morgan fingerprint density at radius 3 is 2.52 bits per heavy atom. The predicted molar refractivity (Wildman–Crippen MR) is 164 cm³/mol. The van der Waals surface area contributed by atoms with Crippen molar-refractivity contribution in [1.29, 1.82) is 0 Å². The van der Waals surface area contributed by atoms with Crippen LogP contribution in [0.1, 0.15) is 94.1 Å². The molecule has 1 aliphatic heterocycles. The molecule has 238 valence electrons. The minimum absolute atomic E-state index is 0.0300. The van der Waals surface area contributed by atoms with E-state index in [1.54, 1.807) is 24.3 Å². The highest BCUT2D eigenvalue weighted by Gasteiger charge is 2.53. The van der Waals surface area contributed by atoms with Crippen molar-refractivity contribution in [3.63, 3.8) is 0 Å². The van der Waals surface area contributed by atoms with Gasteiger partial charge in [0.1, 0.15) is 11.6 Å². The zero-order valence-corrected chi connectivity index (χ0v) is 26.1. The molecular weight excluding hydrogens is 586 g/mol. The Bertz CT molecular complexity index is 1540. The molecule has 0 aromatic heterocycles. The number of hydrogen-bond acceptors (Lipinski definition) is 6. The average Bonchev–Trinajstić information content (AvgIpc) is 3.65. The number of benzene rings is 2. The van der Waals surface area contributed by atoms with Crippen molar-refractivity contribution in [2.24, 2.45) is 5.92 Å². The number of carbonyl (C=O) groups excluding carboxylic acids is 2. The van der Waals surface area contributed by atoms with Gasteiger partial charge >= 0.3 is 0 Å². The zero-order chi connectivity index (χ0) is 31.1. The summed E-state index contributed by atoms with van der Waals surface area (Å²) in [6, 6.07) is 10.3. The third-order valence-corrected chi connectivity index (χ3v) is 10.8. The van der Waals surface area contributed by atoms with E-state index in [0.29, 0.717) is 34.4 Å². The van der Waals surface area contributed by atoms with E-state index in [-0.39, 0.29) is 60.9 Å². The fourth-order valence-electron chi connectivity index (χ4n) is 7.85. The highest BCUT2D eigenvalue weighted by Crippen LogP contribution is 2.46. The molecule has 1 spiro atoms. The number of sulfonamides is 1. The van der Waals surface area contributed by atoms with E-state index in [9.17, 15) is 18.0 Å². The van der Waals surface area contributed by atoms with Gasteiger partial charge in [0.05, 0.1) is 18.8 Å². The lowest BCUT2D eigenvalue weighted by Crippen LogP contribution is -2.37. The van der Waals surface area contributed by atoms with E-state index in [0.717, 1.165) is 64.0 Å². The van der Waals surface area contributed by atoms with Crippen molar-refractivity contribution in [1.82, 2.24) is 10.0 Å². The standard InChI is InChI=1S/C34H42F2N2O5S/c1-44(41,42)38-31(40)19-23-11-13-29(27(17-23)26-8-5-9-28(35)32(26)24-6-4-7-24)43-25-12-10-22(16-25)18-30(39)34(36)20-33(37-21-34)14-2-3-15-33/h5,8-9,11,13,17,22,24-25,37H,2-4,6-7,10,12,14-16,18-21H2,1H3,(H,38,40)/t22-,25-,34-/m1/s1. The molecule has 2 aromatic rings. The number of Topliss-reactive ketones (excluding diaryl/α,β-unsaturated/α-hetero) is 1.